The average Bonchev–Trinajstić information content (AvgIpc) is 2.84. The van der Waals surface area contributed by atoms with Crippen LogP contribution in [0.15, 0.2) is 48.2 Å². The zero-order valence-corrected chi connectivity index (χ0v) is 18.7. The molecule has 8 nitrogen and oxygen atoms in total. The molecule has 0 saturated carbocycles. The molecule has 2 aromatic rings. The Hall–Kier alpha value is -3.81. The van der Waals surface area contributed by atoms with Gasteiger partial charge in [-0.2, -0.15) is 0 Å². The highest BCUT2D eigenvalue weighted by molar-refractivity contribution is 6.09. The second kappa shape index (κ2) is 9.77. The first kappa shape index (κ1) is 22.4. The third-order valence-electron chi connectivity index (χ3n) is 5.74. The van der Waals surface area contributed by atoms with Gasteiger partial charge in [0.1, 0.15) is 11.8 Å². The lowest BCUT2D eigenvalue weighted by atomic mass is 10.1. The van der Waals surface area contributed by atoms with Crippen LogP contribution in [0.25, 0.3) is 6.08 Å². The first-order chi connectivity index (χ1) is 16.0. The Balaban J connectivity index is 1.46. The van der Waals surface area contributed by atoms with Crippen molar-refractivity contribution >= 4 is 29.5 Å². The number of nitrogens with zero attached hydrogens (tertiary/aromatic N) is 1. The first-order valence-electron chi connectivity index (χ1n) is 11.0. The fraction of sp³-hybridized carbons (Fsp3) is 0.320. The lowest BCUT2D eigenvalue weighted by molar-refractivity contribution is -0.133. The quantitative estimate of drug-likeness (QED) is 0.684. The molecule has 1 fully saturated rings. The van der Waals surface area contributed by atoms with E-state index in [9.17, 15) is 14.4 Å². The largest absolute Gasteiger partial charge is 0.496 e. The number of piperidine rings is 1. The summed E-state index contributed by atoms with van der Waals surface area (Å²) in [5.41, 5.74) is 1.42. The van der Waals surface area contributed by atoms with E-state index < -0.39 is 11.9 Å². The summed E-state index contributed by atoms with van der Waals surface area (Å²) in [6.07, 6.45) is 4.71. The van der Waals surface area contributed by atoms with Crippen LogP contribution in [0.3, 0.4) is 0 Å². The van der Waals surface area contributed by atoms with Crippen LogP contribution in [0.5, 0.6) is 11.5 Å². The number of nitrogens with one attached hydrogen (secondary N) is 2. The third kappa shape index (κ3) is 5.00. The molecule has 0 radical (unpaired) electrons. The molecule has 2 heterocycles. The number of likely N-dealkylation sites (tertiary alicyclic amines) is 1. The zero-order valence-electron chi connectivity index (χ0n) is 18.7. The fourth-order valence-electron chi connectivity index (χ4n) is 3.96. The van der Waals surface area contributed by atoms with Crippen molar-refractivity contribution in [1.82, 2.24) is 10.2 Å². The van der Waals surface area contributed by atoms with Crippen molar-refractivity contribution in [2.45, 2.75) is 32.2 Å². The monoisotopic (exact) mass is 449 g/mol. The van der Waals surface area contributed by atoms with Gasteiger partial charge in [-0.1, -0.05) is 18.2 Å². The number of ether oxygens (including phenoxy) is 2. The van der Waals surface area contributed by atoms with Gasteiger partial charge in [0.15, 0.2) is 11.5 Å². The van der Waals surface area contributed by atoms with Crippen molar-refractivity contribution in [3.05, 3.63) is 59.4 Å². The van der Waals surface area contributed by atoms with Crippen molar-refractivity contribution in [3.63, 3.8) is 0 Å². The number of fused-ring (bicyclic) bond motifs is 1. The van der Waals surface area contributed by atoms with E-state index in [0.717, 1.165) is 32.4 Å². The number of carbonyl (C=O) groups excluding carboxylic acids is 3. The van der Waals surface area contributed by atoms with Gasteiger partial charge in [0.25, 0.3) is 11.8 Å². The lowest BCUT2D eigenvalue weighted by Crippen LogP contribution is -2.48. The molecule has 2 aliphatic heterocycles. The van der Waals surface area contributed by atoms with Gasteiger partial charge in [0.05, 0.1) is 12.8 Å². The van der Waals surface area contributed by atoms with Crippen LogP contribution in [-0.4, -0.2) is 48.9 Å². The summed E-state index contributed by atoms with van der Waals surface area (Å²) in [5, 5.41) is 5.52. The van der Waals surface area contributed by atoms with E-state index in [2.05, 4.69) is 10.6 Å². The predicted octanol–water partition coefficient (Wildman–Crippen LogP) is 3.20. The van der Waals surface area contributed by atoms with Gasteiger partial charge in [-0.3, -0.25) is 14.4 Å². The van der Waals surface area contributed by atoms with Crippen LogP contribution in [-0.2, 0) is 9.59 Å². The van der Waals surface area contributed by atoms with E-state index in [-0.39, 0.29) is 17.6 Å². The number of methoxy groups -OCH3 is 1. The zero-order chi connectivity index (χ0) is 23.4. The fourth-order valence-corrected chi connectivity index (χ4v) is 3.96. The van der Waals surface area contributed by atoms with Gasteiger partial charge in [-0.25, -0.2) is 0 Å². The van der Waals surface area contributed by atoms with Crippen LogP contribution in [0.4, 0.5) is 5.69 Å². The van der Waals surface area contributed by atoms with Crippen molar-refractivity contribution in [3.8, 4) is 11.5 Å². The SMILES string of the molecule is COc1ccccc1/C=C1\Oc2ccc(C(=O)N[C@@H](C)C(=O)N3CCCCC3)cc2NC1=O. The van der Waals surface area contributed by atoms with Gasteiger partial charge in [-0.05, 0) is 56.5 Å². The molecule has 2 N–H and O–H groups in total. The van der Waals surface area contributed by atoms with Crippen LogP contribution in [0.2, 0.25) is 0 Å². The Morgan fingerprint density at radius 2 is 1.91 bits per heavy atom. The Bertz CT molecular complexity index is 1100. The number of para-hydroxylation sites is 1. The number of benzene rings is 2. The molecule has 0 bridgehead atoms. The Kier molecular flexibility index (Phi) is 6.63. The molecule has 2 aliphatic rings. The highest BCUT2D eigenvalue weighted by Crippen LogP contribution is 2.33. The minimum atomic E-state index is -0.632. The minimum absolute atomic E-state index is 0.0798. The van der Waals surface area contributed by atoms with E-state index >= 15 is 0 Å². The van der Waals surface area contributed by atoms with Crippen LogP contribution < -0.4 is 20.1 Å². The molecule has 1 saturated heterocycles. The van der Waals surface area contributed by atoms with E-state index in [1.807, 2.05) is 18.2 Å². The van der Waals surface area contributed by atoms with E-state index in [0.29, 0.717) is 28.3 Å². The molecule has 0 spiro atoms. The van der Waals surface area contributed by atoms with E-state index in [1.54, 1.807) is 49.3 Å². The van der Waals surface area contributed by atoms with E-state index in [1.165, 1.54) is 0 Å². The van der Waals surface area contributed by atoms with Crippen molar-refractivity contribution < 1.29 is 23.9 Å². The number of rotatable bonds is 5. The molecule has 3 amide bonds. The normalized spacial score (nSPS) is 17.5. The van der Waals surface area contributed by atoms with Crippen molar-refractivity contribution in [2.75, 3.05) is 25.5 Å². The van der Waals surface area contributed by atoms with Gasteiger partial charge >= 0.3 is 0 Å². The second-order valence-electron chi connectivity index (χ2n) is 8.10. The first-order valence-corrected chi connectivity index (χ1v) is 11.0. The number of hydrogen-bond acceptors (Lipinski definition) is 5. The summed E-state index contributed by atoms with van der Waals surface area (Å²) in [7, 11) is 1.56. The average molecular weight is 450 g/mol. The molecule has 0 aliphatic carbocycles. The summed E-state index contributed by atoms with van der Waals surface area (Å²) < 4.78 is 11.1. The lowest BCUT2D eigenvalue weighted by Gasteiger charge is -2.29. The summed E-state index contributed by atoms with van der Waals surface area (Å²) in [5.74, 6) is 0.255. The van der Waals surface area contributed by atoms with Crippen LogP contribution in [0.1, 0.15) is 42.1 Å². The third-order valence-corrected chi connectivity index (χ3v) is 5.74. The van der Waals surface area contributed by atoms with Crippen molar-refractivity contribution in [1.29, 1.82) is 0 Å². The summed E-state index contributed by atoms with van der Waals surface area (Å²) in [4.78, 5) is 39.7. The number of carbonyl (C=O) groups is 3. The van der Waals surface area contributed by atoms with Gasteiger partial charge in [-0.15, -0.1) is 0 Å². The number of anilines is 1. The highest BCUT2D eigenvalue weighted by atomic mass is 16.5. The molecule has 4 rings (SSSR count). The van der Waals surface area contributed by atoms with Gasteiger partial charge in [0.2, 0.25) is 5.91 Å². The maximum absolute atomic E-state index is 12.7. The molecule has 8 heteroatoms. The molecule has 33 heavy (non-hydrogen) atoms. The standard InChI is InChI=1S/C25H27N3O5/c1-16(25(31)28-12-6-3-7-13-28)26-23(29)18-10-11-21-19(14-18)27-24(30)22(33-21)15-17-8-4-5-9-20(17)32-2/h4-5,8-11,14-16H,3,6-7,12-13H2,1-2H3,(H,26,29)(H,27,30)/b22-15-/t16-/m0/s1. The molecular formula is C25H27N3O5. The van der Waals surface area contributed by atoms with Crippen molar-refractivity contribution in [2.24, 2.45) is 0 Å². The summed E-state index contributed by atoms with van der Waals surface area (Å²) >= 11 is 0. The predicted molar refractivity (Wildman–Crippen MR) is 124 cm³/mol. The Morgan fingerprint density at radius 3 is 2.67 bits per heavy atom. The molecular weight excluding hydrogens is 422 g/mol. The number of amides is 3. The summed E-state index contributed by atoms with van der Waals surface area (Å²) in [6, 6.07) is 11.4. The highest BCUT2D eigenvalue weighted by Gasteiger charge is 2.26. The van der Waals surface area contributed by atoms with Crippen LogP contribution in [0, 0.1) is 0 Å². The molecule has 2 aromatic carbocycles. The maximum atomic E-state index is 12.7. The second-order valence-corrected chi connectivity index (χ2v) is 8.10. The topological polar surface area (TPSA) is 97.0 Å². The molecule has 172 valence electrons. The number of hydrogen-bond donors (Lipinski definition) is 2. The summed E-state index contributed by atoms with van der Waals surface area (Å²) in [6.45, 7) is 3.14. The van der Waals surface area contributed by atoms with Gasteiger partial charge < -0.3 is 25.0 Å². The maximum Gasteiger partial charge on any atom is 0.291 e. The molecule has 0 unspecified atom stereocenters. The van der Waals surface area contributed by atoms with Gasteiger partial charge in [0, 0.05) is 24.2 Å². The smallest absolute Gasteiger partial charge is 0.291 e. The Morgan fingerprint density at radius 1 is 1.15 bits per heavy atom. The van der Waals surface area contributed by atoms with Crippen LogP contribution >= 0.6 is 0 Å². The van der Waals surface area contributed by atoms with E-state index in [4.69, 9.17) is 9.47 Å². The Labute approximate surface area is 192 Å². The molecule has 0 aromatic heterocycles. The molecule has 1 atom stereocenters. The minimum Gasteiger partial charge on any atom is -0.496 e.